The van der Waals surface area contributed by atoms with Crippen molar-refractivity contribution >= 4 is 18.5 Å². The first kappa shape index (κ1) is 21.7. The van der Waals surface area contributed by atoms with Crippen LogP contribution in [0, 0.1) is 0 Å². The van der Waals surface area contributed by atoms with Gasteiger partial charge in [0.25, 0.3) is 0 Å². The van der Waals surface area contributed by atoms with Crippen molar-refractivity contribution in [1.82, 2.24) is 0 Å². The molecule has 0 rings (SSSR count). The Balaban J connectivity index is 3.27. The molecule has 0 aliphatic rings. The van der Waals surface area contributed by atoms with Crippen molar-refractivity contribution in [3.05, 3.63) is 0 Å². The van der Waals surface area contributed by atoms with E-state index in [4.69, 9.17) is 18.9 Å². The molecule has 11 nitrogen and oxygen atoms in total. The van der Waals surface area contributed by atoms with Crippen LogP contribution >= 0.6 is 0 Å². The smallest absolute Gasteiger partial charge is 0.438 e. The molecule has 0 aliphatic heterocycles. The fraction of sp³-hybridized carbons (Fsp3) is 0.769. The molecule has 0 spiro atoms. The Morgan fingerprint density at radius 1 is 0.500 bits per heavy atom. The summed E-state index contributed by atoms with van der Waals surface area (Å²) in [4.78, 5) is 32.3. The van der Waals surface area contributed by atoms with E-state index in [1.165, 1.54) is 14.2 Å². The molecular formula is C13H22O11. The normalized spacial score (nSPS) is 9.75. The molecule has 0 aromatic carbocycles. The van der Waals surface area contributed by atoms with Gasteiger partial charge in [-0.05, 0) is 0 Å². The minimum atomic E-state index is -0.862. The first-order valence-electron chi connectivity index (χ1n) is 6.96. The third-order valence-corrected chi connectivity index (χ3v) is 2.12. The van der Waals surface area contributed by atoms with Crippen molar-refractivity contribution in [3.63, 3.8) is 0 Å². The standard InChI is InChI=1S/C13H22O11/c1-17-11(14)21-7-3-19-5-9-23-13(16)24-10-6-20-4-8-22-12(15)18-2/h3-10H2,1-2H3. The van der Waals surface area contributed by atoms with Gasteiger partial charge in [-0.25, -0.2) is 14.4 Å². The van der Waals surface area contributed by atoms with Gasteiger partial charge in [-0.1, -0.05) is 0 Å². The molecule has 0 bridgehead atoms. The van der Waals surface area contributed by atoms with Crippen LogP contribution < -0.4 is 0 Å². The molecule has 140 valence electrons. The summed E-state index contributed by atoms with van der Waals surface area (Å²) in [6.45, 7) is 0.601. The van der Waals surface area contributed by atoms with E-state index in [1.807, 2.05) is 0 Å². The van der Waals surface area contributed by atoms with Crippen LogP contribution in [0.25, 0.3) is 0 Å². The summed E-state index contributed by atoms with van der Waals surface area (Å²) in [6, 6.07) is 0. The van der Waals surface area contributed by atoms with Crippen LogP contribution in [-0.2, 0) is 37.9 Å². The van der Waals surface area contributed by atoms with Gasteiger partial charge in [0.1, 0.15) is 26.4 Å². The summed E-state index contributed by atoms with van der Waals surface area (Å²) in [5, 5.41) is 0. The predicted octanol–water partition coefficient (Wildman–Crippen LogP) is 0.739. The number of rotatable bonds is 12. The quantitative estimate of drug-likeness (QED) is 0.280. The van der Waals surface area contributed by atoms with Crippen LogP contribution in [0.2, 0.25) is 0 Å². The minimum Gasteiger partial charge on any atom is -0.438 e. The van der Waals surface area contributed by atoms with E-state index in [2.05, 4.69) is 18.9 Å². The maximum absolute atomic E-state index is 11.1. The summed E-state index contributed by atoms with van der Waals surface area (Å²) in [5.41, 5.74) is 0. The van der Waals surface area contributed by atoms with Gasteiger partial charge in [-0.2, -0.15) is 0 Å². The van der Waals surface area contributed by atoms with Gasteiger partial charge in [0, 0.05) is 0 Å². The Morgan fingerprint density at radius 2 is 0.792 bits per heavy atom. The largest absolute Gasteiger partial charge is 0.508 e. The molecule has 0 saturated carbocycles. The topological polar surface area (TPSA) is 125 Å². The molecule has 0 aliphatic carbocycles. The highest BCUT2D eigenvalue weighted by atomic mass is 16.7. The first-order valence-corrected chi connectivity index (χ1v) is 6.96. The molecule has 0 aromatic heterocycles. The zero-order chi connectivity index (χ0) is 18.0. The van der Waals surface area contributed by atoms with Crippen molar-refractivity contribution in [1.29, 1.82) is 0 Å². The van der Waals surface area contributed by atoms with Gasteiger partial charge in [0.15, 0.2) is 0 Å². The molecule has 0 N–H and O–H groups in total. The van der Waals surface area contributed by atoms with E-state index in [1.54, 1.807) is 0 Å². The Bertz CT molecular complexity index is 326. The fourth-order valence-corrected chi connectivity index (χ4v) is 1.10. The predicted molar refractivity (Wildman–Crippen MR) is 75.7 cm³/mol. The Kier molecular flexibility index (Phi) is 14.1. The summed E-state index contributed by atoms with van der Waals surface area (Å²) < 4.78 is 37.1. The average Bonchev–Trinajstić information content (AvgIpc) is 2.59. The SMILES string of the molecule is COC(=O)OCCOCCOC(=O)OCCOCCOC(=O)OC. The molecule has 0 atom stereocenters. The lowest BCUT2D eigenvalue weighted by molar-refractivity contribution is -0.00401. The lowest BCUT2D eigenvalue weighted by Crippen LogP contribution is -2.17. The van der Waals surface area contributed by atoms with Crippen molar-refractivity contribution in [2.45, 2.75) is 0 Å². The van der Waals surface area contributed by atoms with Crippen LogP contribution in [0.4, 0.5) is 14.4 Å². The van der Waals surface area contributed by atoms with E-state index in [0.717, 1.165) is 0 Å². The van der Waals surface area contributed by atoms with Crippen LogP contribution in [0.3, 0.4) is 0 Å². The van der Waals surface area contributed by atoms with E-state index >= 15 is 0 Å². The molecule has 0 radical (unpaired) electrons. The Hall–Kier alpha value is -2.27. The van der Waals surface area contributed by atoms with Crippen LogP contribution in [0.15, 0.2) is 0 Å². The Morgan fingerprint density at radius 3 is 1.08 bits per heavy atom. The molecule has 0 saturated heterocycles. The van der Waals surface area contributed by atoms with Crippen molar-refractivity contribution in [3.8, 4) is 0 Å². The highest BCUT2D eigenvalue weighted by Crippen LogP contribution is 1.89. The van der Waals surface area contributed by atoms with Crippen LogP contribution in [0.5, 0.6) is 0 Å². The van der Waals surface area contributed by atoms with Crippen LogP contribution in [-0.4, -0.2) is 85.5 Å². The summed E-state index contributed by atoms with van der Waals surface area (Å²) in [7, 11) is 2.40. The highest BCUT2D eigenvalue weighted by Gasteiger charge is 2.04. The first-order chi connectivity index (χ1) is 11.6. The second kappa shape index (κ2) is 15.6. The number of carbonyl (C=O) groups excluding carboxylic acids is 3. The van der Waals surface area contributed by atoms with E-state index < -0.39 is 18.5 Å². The van der Waals surface area contributed by atoms with Crippen molar-refractivity contribution in [2.24, 2.45) is 0 Å². The Labute approximate surface area is 139 Å². The second-order valence-electron chi connectivity index (χ2n) is 3.78. The molecule has 0 heterocycles. The van der Waals surface area contributed by atoms with Crippen molar-refractivity contribution in [2.75, 3.05) is 67.1 Å². The van der Waals surface area contributed by atoms with E-state index in [0.29, 0.717) is 0 Å². The number of hydrogen-bond acceptors (Lipinski definition) is 11. The number of hydrogen-bond donors (Lipinski definition) is 0. The fourth-order valence-electron chi connectivity index (χ4n) is 1.10. The van der Waals surface area contributed by atoms with Gasteiger partial charge >= 0.3 is 18.5 Å². The average molecular weight is 354 g/mol. The van der Waals surface area contributed by atoms with Gasteiger partial charge in [0.05, 0.1) is 40.6 Å². The van der Waals surface area contributed by atoms with Gasteiger partial charge in [0.2, 0.25) is 0 Å². The molecule has 0 amide bonds. The zero-order valence-electron chi connectivity index (χ0n) is 13.6. The minimum absolute atomic E-state index is 0.00904. The van der Waals surface area contributed by atoms with Crippen LogP contribution in [0.1, 0.15) is 0 Å². The molecule has 0 unspecified atom stereocenters. The van der Waals surface area contributed by atoms with E-state index in [9.17, 15) is 14.4 Å². The molecular weight excluding hydrogens is 332 g/mol. The molecule has 0 aromatic rings. The summed E-state index contributed by atoms with van der Waals surface area (Å²) >= 11 is 0. The summed E-state index contributed by atoms with van der Waals surface area (Å²) in [6.07, 6.45) is -2.45. The molecule has 0 fully saturated rings. The molecule has 24 heavy (non-hydrogen) atoms. The van der Waals surface area contributed by atoms with E-state index in [-0.39, 0.29) is 52.9 Å². The highest BCUT2D eigenvalue weighted by molar-refractivity contribution is 5.60. The maximum Gasteiger partial charge on any atom is 0.508 e. The number of methoxy groups -OCH3 is 2. The summed E-state index contributed by atoms with van der Waals surface area (Å²) in [5.74, 6) is 0. The lowest BCUT2D eigenvalue weighted by atomic mass is 10.7. The zero-order valence-corrected chi connectivity index (χ0v) is 13.6. The lowest BCUT2D eigenvalue weighted by Gasteiger charge is -2.08. The van der Waals surface area contributed by atoms with Gasteiger partial charge < -0.3 is 37.9 Å². The second-order valence-corrected chi connectivity index (χ2v) is 3.78. The van der Waals surface area contributed by atoms with Crippen molar-refractivity contribution < 1.29 is 52.3 Å². The maximum atomic E-state index is 11.1. The molecule has 11 heteroatoms. The van der Waals surface area contributed by atoms with Gasteiger partial charge in [-0.3, -0.25) is 0 Å². The van der Waals surface area contributed by atoms with Gasteiger partial charge in [-0.15, -0.1) is 0 Å². The monoisotopic (exact) mass is 354 g/mol. The number of carbonyl (C=O) groups is 3. The number of ether oxygens (including phenoxy) is 8. The third-order valence-electron chi connectivity index (χ3n) is 2.12. The third kappa shape index (κ3) is 14.7.